The van der Waals surface area contributed by atoms with Gasteiger partial charge in [0.15, 0.2) is 5.82 Å². The average Bonchev–Trinajstić information content (AvgIpc) is 2.24. The summed E-state index contributed by atoms with van der Waals surface area (Å²) in [6.45, 7) is 6.42. The monoisotopic (exact) mass is 217 g/mol. The molecule has 0 fully saturated rings. The first kappa shape index (κ1) is 12.1. The third-order valence-corrected chi connectivity index (χ3v) is 2.25. The number of nitriles is 1. The molecule has 0 atom stereocenters. The van der Waals surface area contributed by atoms with Crippen LogP contribution in [0.2, 0.25) is 0 Å². The number of rotatable bonds is 3. The minimum absolute atomic E-state index is 0.573. The molecule has 0 aliphatic heterocycles. The topological polar surface area (TPSA) is 73.4 Å². The molecule has 84 valence electrons. The summed E-state index contributed by atoms with van der Waals surface area (Å²) >= 11 is 0. The van der Waals surface area contributed by atoms with Gasteiger partial charge in [-0.15, -0.1) is 0 Å². The molecule has 0 saturated heterocycles. The van der Waals surface area contributed by atoms with E-state index in [4.69, 9.17) is 5.26 Å². The van der Waals surface area contributed by atoms with E-state index in [0.717, 1.165) is 12.1 Å². The van der Waals surface area contributed by atoms with Crippen LogP contribution in [0, 0.1) is 25.2 Å². The summed E-state index contributed by atoms with van der Waals surface area (Å²) in [6.07, 6.45) is 0. The number of hydrogen-bond acceptors (Lipinski definition) is 5. The van der Waals surface area contributed by atoms with E-state index in [1.807, 2.05) is 20.8 Å². The molecule has 1 rings (SSSR count). The van der Waals surface area contributed by atoms with Gasteiger partial charge < -0.3 is 5.32 Å². The van der Waals surface area contributed by atoms with Crippen molar-refractivity contribution in [1.82, 2.24) is 4.98 Å². The zero-order chi connectivity index (χ0) is 12.1. The summed E-state index contributed by atoms with van der Waals surface area (Å²) in [5.74, 6) is 0.683. The Labute approximate surface area is 95.2 Å². The quantitative estimate of drug-likeness (QED) is 0.791. The molecule has 0 unspecified atom stereocenters. The lowest BCUT2D eigenvalue weighted by molar-refractivity contribution is 1.07. The molecule has 5 heteroatoms. The van der Waals surface area contributed by atoms with Crippen LogP contribution in [0.1, 0.15) is 23.7 Å². The fourth-order valence-electron chi connectivity index (χ4n) is 1.52. The van der Waals surface area contributed by atoms with Crippen LogP contribution in [0.4, 0.5) is 11.5 Å². The van der Waals surface area contributed by atoms with Gasteiger partial charge in [-0.1, -0.05) is 0 Å². The molecule has 5 nitrogen and oxygen atoms in total. The molecule has 0 spiro atoms. The Morgan fingerprint density at radius 3 is 2.62 bits per heavy atom. The second-order valence-corrected chi connectivity index (χ2v) is 3.34. The van der Waals surface area contributed by atoms with Gasteiger partial charge in [0.1, 0.15) is 11.8 Å². The lowest BCUT2D eigenvalue weighted by atomic mass is 10.1. The molecule has 0 aromatic carbocycles. The maximum absolute atomic E-state index is 9.03. The molecule has 1 aromatic heterocycles. The first-order chi connectivity index (χ1) is 7.65. The summed E-state index contributed by atoms with van der Waals surface area (Å²) < 4.78 is 0. The number of hydrogen-bond donors (Lipinski definition) is 1. The van der Waals surface area contributed by atoms with Crippen molar-refractivity contribution in [3.05, 3.63) is 16.8 Å². The molecular weight excluding hydrogens is 202 g/mol. The van der Waals surface area contributed by atoms with E-state index in [1.165, 1.54) is 0 Å². The van der Waals surface area contributed by atoms with E-state index in [2.05, 4.69) is 26.6 Å². The highest BCUT2D eigenvalue weighted by atomic mass is 15.1. The number of nitrogens with zero attached hydrogens (tertiary/aromatic N) is 4. The summed E-state index contributed by atoms with van der Waals surface area (Å²) in [4.78, 5) is 4.33. The van der Waals surface area contributed by atoms with Gasteiger partial charge in [-0.05, 0) is 26.3 Å². The van der Waals surface area contributed by atoms with Crippen LogP contribution < -0.4 is 5.32 Å². The van der Waals surface area contributed by atoms with Crippen molar-refractivity contribution in [2.45, 2.75) is 20.8 Å². The molecule has 0 amide bonds. The number of aryl methyl sites for hydroxylation is 1. The third-order valence-electron chi connectivity index (χ3n) is 2.25. The number of pyridine rings is 1. The smallest absolute Gasteiger partial charge is 0.154 e. The molecule has 0 radical (unpaired) electrons. The zero-order valence-corrected chi connectivity index (χ0v) is 10.00. The molecule has 1 aromatic rings. The van der Waals surface area contributed by atoms with Crippen LogP contribution in [0.15, 0.2) is 10.2 Å². The standard InChI is InChI=1S/C11H15N5/c1-5-14-11-10(16-13-4)7(2)9(6-12)8(3)15-11/h5H2,1-4H3,(H,14,15). The van der Waals surface area contributed by atoms with E-state index in [9.17, 15) is 0 Å². The molecule has 0 bridgehead atoms. The van der Waals surface area contributed by atoms with Crippen molar-refractivity contribution in [2.75, 3.05) is 18.9 Å². The van der Waals surface area contributed by atoms with Gasteiger partial charge in [0.25, 0.3) is 0 Å². The van der Waals surface area contributed by atoms with Crippen molar-refractivity contribution in [1.29, 1.82) is 5.26 Å². The second kappa shape index (κ2) is 5.21. The summed E-state index contributed by atoms with van der Waals surface area (Å²) in [5.41, 5.74) is 2.75. The van der Waals surface area contributed by atoms with Crippen LogP contribution in [0.3, 0.4) is 0 Å². The van der Waals surface area contributed by atoms with Crippen molar-refractivity contribution in [3.63, 3.8) is 0 Å². The predicted molar refractivity (Wildman–Crippen MR) is 63.0 cm³/mol. The highest BCUT2D eigenvalue weighted by Gasteiger charge is 2.13. The summed E-state index contributed by atoms with van der Waals surface area (Å²) in [5, 5.41) is 19.9. The van der Waals surface area contributed by atoms with Crippen molar-refractivity contribution >= 4 is 11.5 Å². The lowest BCUT2D eigenvalue weighted by Crippen LogP contribution is -2.04. The lowest BCUT2D eigenvalue weighted by Gasteiger charge is -2.11. The minimum Gasteiger partial charge on any atom is -0.368 e. The predicted octanol–water partition coefficient (Wildman–Crippen LogP) is 2.72. The molecular formula is C11H15N5. The van der Waals surface area contributed by atoms with Gasteiger partial charge in [-0.2, -0.15) is 15.5 Å². The van der Waals surface area contributed by atoms with Crippen LogP contribution in [0.25, 0.3) is 0 Å². The Morgan fingerprint density at radius 2 is 2.12 bits per heavy atom. The number of anilines is 1. The van der Waals surface area contributed by atoms with E-state index in [-0.39, 0.29) is 0 Å². The van der Waals surface area contributed by atoms with Crippen LogP contribution in [-0.2, 0) is 0 Å². The van der Waals surface area contributed by atoms with E-state index < -0.39 is 0 Å². The Hall–Kier alpha value is -1.96. The van der Waals surface area contributed by atoms with E-state index in [1.54, 1.807) is 7.05 Å². The van der Waals surface area contributed by atoms with Gasteiger partial charge in [-0.25, -0.2) is 4.98 Å². The van der Waals surface area contributed by atoms with Crippen LogP contribution in [0.5, 0.6) is 0 Å². The highest BCUT2D eigenvalue weighted by molar-refractivity contribution is 5.68. The van der Waals surface area contributed by atoms with Gasteiger partial charge >= 0.3 is 0 Å². The summed E-state index contributed by atoms with van der Waals surface area (Å²) in [6, 6.07) is 2.14. The van der Waals surface area contributed by atoms with E-state index in [0.29, 0.717) is 22.8 Å². The van der Waals surface area contributed by atoms with Crippen molar-refractivity contribution in [3.8, 4) is 6.07 Å². The maximum Gasteiger partial charge on any atom is 0.154 e. The van der Waals surface area contributed by atoms with Crippen molar-refractivity contribution < 1.29 is 0 Å². The molecule has 0 aliphatic carbocycles. The first-order valence-corrected chi connectivity index (χ1v) is 5.10. The Morgan fingerprint density at radius 1 is 1.44 bits per heavy atom. The van der Waals surface area contributed by atoms with Gasteiger partial charge in [0.05, 0.1) is 11.3 Å². The SMILES string of the molecule is CCNc1nc(C)c(C#N)c(C)c1N=NC. The zero-order valence-electron chi connectivity index (χ0n) is 10.00. The molecule has 1 N–H and O–H groups in total. The molecule has 0 aliphatic rings. The van der Waals surface area contributed by atoms with Gasteiger partial charge in [0.2, 0.25) is 0 Å². The number of azo groups is 1. The number of aromatic nitrogens is 1. The maximum atomic E-state index is 9.03. The van der Waals surface area contributed by atoms with Gasteiger partial charge in [-0.3, -0.25) is 0 Å². The first-order valence-electron chi connectivity index (χ1n) is 5.10. The number of nitrogens with one attached hydrogen (secondary N) is 1. The van der Waals surface area contributed by atoms with E-state index >= 15 is 0 Å². The third kappa shape index (κ3) is 2.16. The minimum atomic E-state index is 0.573. The normalized spacial score (nSPS) is 10.4. The second-order valence-electron chi connectivity index (χ2n) is 3.34. The fourth-order valence-corrected chi connectivity index (χ4v) is 1.52. The molecule has 1 heterocycles. The van der Waals surface area contributed by atoms with Crippen LogP contribution >= 0.6 is 0 Å². The van der Waals surface area contributed by atoms with Crippen LogP contribution in [-0.4, -0.2) is 18.6 Å². The van der Waals surface area contributed by atoms with Gasteiger partial charge in [0, 0.05) is 13.6 Å². The van der Waals surface area contributed by atoms with Crippen molar-refractivity contribution in [2.24, 2.45) is 10.2 Å². The average molecular weight is 217 g/mol. The Balaban J connectivity index is 3.47. The Bertz CT molecular complexity index is 456. The highest BCUT2D eigenvalue weighted by Crippen LogP contribution is 2.31. The largest absolute Gasteiger partial charge is 0.368 e. The molecule has 0 saturated carbocycles. The fraction of sp³-hybridized carbons (Fsp3) is 0.455. The Kier molecular flexibility index (Phi) is 3.95. The molecule has 16 heavy (non-hydrogen) atoms. The summed E-state index contributed by atoms with van der Waals surface area (Å²) in [7, 11) is 1.60.